The molecule has 0 aromatic carbocycles. The molecule has 0 radical (unpaired) electrons. The monoisotopic (exact) mass is 157 g/mol. The minimum absolute atomic E-state index is 0.363. The summed E-state index contributed by atoms with van der Waals surface area (Å²) < 4.78 is 0. The van der Waals surface area contributed by atoms with Crippen LogP contribution in [0.15, 0.2) is 0 Å². The Morgan fingerprint density at radius 1 is 1.00 bits per heavy atom. The van der Waals surface area contributed by atoms with E-state index in [1.807, 2.05) is 0 Å². The molecule has 0 heterocycles. The van der Waals surface area contributed by atoms with E-state index in [-0.39, 0.29) is 0 Å². The highest BCUT2D eigenvalue weighted by atomic mass is 14.6. The van der Waals surface area contributed by atoms with Gasteiger partial charge in [-0.05, 0) is 25.2 Å². The summed E-state index contributed by atoms with van der Waals surface area (Å²) in [4.78, 5) is 0. The van der Waals surface area contributed by atoms with Crippen molar-refractivity contribution in [2.45, 2.75) is 53.0 Å². The van der Waals surface area contributed by atoms with E-state index in [0.717, 1.165) is 5.92 Å². The minimum Gasteiger partial charge on any atom is -0.328 e. The van der Waals surface area contributed by atoms with Gasteiger partial charge in [0, 0.05) is 6.04 Å². The zero-order chi connectivity index (χ0) is 8.85. The second-order valence-electron chi connectivity index (χ2n) is 4.16. The van der Waals surface area contributed by atoms with E-state index in [1.54, 1.807) is 0 Å². The van der Waals surface area contributed by atoms with E-state index < -0.39 is 0 Å². The molecule has 11 heavy (non-hydrogen) atoms. The van der Waals surface area contributed by atoms with Crippen molar-refractivity contribution >= 4 is 0 Å². The SMILES string of the molecule is CC(C)CCCC(C)C(C)N. The molecule has 0 aromatic rings. The molecular weight excluding hydrogens is 134 g/mol. The van der Waals surface area contributed by atoms with Crippen molar-refractivity contribution in [3.8, 4) is 0 Å². The second kappa shape index (κ2) is 5.59. The van der Waals surface area contributed by atoms with Gasteiger partial charge >= 0.3 is 0 Å². The fourth-order valence-electron chi connectivity index (χ4n) is 1.11. The van der Waals surface area contributed by atoms with Gasteiger partial charge in [-0.3, -0.25) is 0 Å². The molecule has 0 aliphatic rings. The lowest BCUT2D eigenvalue weighted by molar-refractivity contribution is 0.410. The minimum atomic E-state index is 0.363. The van der Waals surface area contributed by atoms with E-state index in [2.05, 4.69) is 27.7 Å². The van der Waals surface area contributed by atoms with Gasteiger partial charge < -0.3 is 5.73 Å². The second-order valence-corrected chi connectivity index (χ2v) is 4.16. The lowest BCUT2D eigenvalue weighted by Crippen LogP contribution is -2.24. The predicted octanol–water partition coefficient (Wildman–Crippen LogP) is 2.80. The van der Waals surface area contributed by atoms with Crippen molar-refractivity contribution in [3.05, 3.63) is 0 Å². The molecule has 0 aliphatic carbocycles. The van der Waals surface area contributed by atoms with Crippen LogP contribution in [0.4, 0.5) is 0 Å². The molecule has 0 aromatic heterocycles. The zero-order valence-corrected chi connectivity index (χ0v) is 8.43. The third-order valence-corrected chi connectivity index (χ3v) is 2.34. The molecule has 0 amide bonds. The summed E-state index contributed by atoms with van der Waals surface area (Å²) in [7, 11) is 0. The fourth-order valence-corrected chi connectivity index (χ4v) is 1.11. The summed E-state index contributed by atoms with van der Waals surface area (Å²) in [6, 6.07) is 0.363. The summed E-state index contributed by atoms with van der Waals surface area (Å²) in [5.74, 6) is 1.53. The highest BCUT2D eigenvalue weighted by Crippen LogP contribution is 2.13. The van der Waals surface area contributed by atoms with Crippen LogP contribution in [0.25, 0.3) is 0 Å². The van der Waals surface area contributed by atoms with Crippen molar-refractivity contribution in [3.63, 3.8) is 0 Å². The molecule has 1 nitrogen and oxygen atoms in total. The van der Waals surface area contributed by atoms with Gasteiger partial charge in [-0.1, -0.05) is 33.6 Å². The van der Waals surface area contributed by atoms with Gasteiger partial charge in [-0.2, -0.15) is 0 Å². The maximum Gasteiger partial charge on any atom is 0.00361 e. The highest BCUT2D eigenvalue weighted by Gasteiger charge is 2.06. The molecule has 0 fully saturated rings. The molecule has 0 rings (SSSR count). The molecule has 68 valence electrons. The first kappa shape index (κ1) is 11.0. The Bertz CT molecular complexity index is 86.9. The zero-order valence-electron chi connectivity index (χ0n) is 8.43. The summed E-state index contributed by atoms with van der Waals surface area (Å²) in [5.41, 5.74) is 5.75. The first-order chi connectivity index (χ1) is 5.04. The van der Waals surface area contributed by atoms with E-state index in [4.69, 9.17) is 5.73 Å². The maximum atomic E-state index is 5.75. The normalized spacial score (nSPS) is 16.9. The number of hydrogen-bond acceptors (Lipinski definition) is 1. The summed E-state index contributed by atoms with van der Waals surface area (Å²) in [6.45, 7) is 8.89. The van der Waals surface area contributed by atoms with Crippen LogP contribution >= 0.6 is 0 Å². The summed E-state index contributed by atoms with van der Waals surface area (Å²) in [5, 5.41) is 0. The van der Waals surface area contributed by atoms with Gasteiger partial charge in [0.1, 0.15) is 0 Å². The molecule has 2 N–H and O–H groups in total. The average molecular weight is 157 g/mol. The van der Waals surface area contributed by atoms with Crippen LogP contribution < -0.4 is 5.73 Å². The Morgan fingerprint density at radius 2 is 1.55 bits per heavy atom. The Balaban J connectivity index is 3.24. The molecule has 0 spiro atoms. The standard InChI is InChI=1S/C10H23N/c1-8(2)6-5-7-9(3)10(4)11/h8-10H,5-7,11H2,1-4H3. The van der Waals surface area contributed by atoms with Crippen molar-refractivity contribution < 1.29 is 0 Å². The lowest BCUT2D eigenvalue weighted by atomic mass is 9.95. The number of hydrogen-bond donors (Lipinski definition) is 1. The quantitative estimate of drug-likeness (QED) is 0.652. The Hall–Kier alpha value is -0.0400. The molecule has 2 unspecified atom stereocenters. The van der Waals surface area contributed by atoms with Crippen LogP contribution in [0.3, 0.4) is 0 Å². The third kappa shape index (κ3) is 6.36. The first-order valence-electron chi connectivity index (χ1n) is 4.79. The third-order valence-electron chi connectivity index (χ3n) is 2.34. The Kier molecular flexibility index (Phi) is 5.57. The van der Waals surface area contributed by atoms with Crippen LogP contribution in [-0.4, -0.2) is 6.04 Å². The van der Waals surface area contributed by atoms with Crippen molar-refractivity contribution in [1.29, 1.82) is 0 Å². The smallest absolute Gasteiger partial charge is 0.00361 e. The van der Waals surface area contributed by atoms with E-state index >= 15 is 0 Å². The first-order valence-corrected chi connectivity index (χ1v) is 4.79. The van der Waals surface area contributed by atoms with Gasteiger partial charge in [0.25, 0.3) is 0 Å². The summed E-state index contributed by atoms with van der Waals surface area (Å²) in [6.07, 6.45) is 3.97. The van der Waals surface area contributed by atoms with Gasteiger partial charge in [-0.25, -0.2) is 0 Å². The number of nitrogens with two attached hydrogens (primary N) is 1. The topological polar surface area (TPSA) is 26.0 Å². The lowest BCUT2D eigenvalue weighted by Gasteiger charge is -2.15. The van der Waals surface area contributed by atoms with Crippen LogP contribution in [0, 0.1) is 11.8 Å². The molecule has 0 aliphatic heterocycles. The van der Waals surface area contributed by atoms with E-state index in [0.29, 0.717) is 12.0 Å². The van der Waals surface area contributed by atoms with Crippen molar-refractivity contribution in [2.24, 2.45) is 17.6 Å². The molecule has 0 saturated heterocycles. The molecule has 1 heteroatoms. The van der Waals surface area contributed by atoms with Crippen LogP contribution in [0.1, 0.15) is 47.0 Å². The fraction of sp³-hybridized carbons (Fsp3) is 1.00. The Morgan fingerprint density at radius 3 is 1.91 bits per heavy atom. The molecule has 0 bridgehead atoms. The largest absolute Gasteiger partial charge is 0.328 e. The van der Waals surface area contributed by atoms with E-state index in [1.165, 1.54) is 19.3 Å². The maximum absolute atomic E-state index is 5.75. The van der Waals surface area contributed by atoms with Crippen molar-refractivity contribution in [1.82, 2.24) is 0 Å². The molecule has 2 atom stereocenters. The molecular formula is C10H23N. The average Bonchev–Trinajstić information content (AvgIpc) is 1.86. The molecule has 0 saturated carbocycles. The van der Waals surface area contributed by atoms with Gasteiger partial charge in [0.05, 0.1) is 0 Å². The van der Waals surface area contributed by atoms with Crippen molar-refractivity contribution in [2.75, 3.05) is 0 Å². The Labute approximate surface area is 71.4 Å². The number of rotatable bonds is 5. The highest BCUT2D eigenvalue weighted by molar-refractivity contribution is 4.63. The van der Waals surface area contributed by atoms with Gasteiger partial charge in [-0.15, -0.1) is 0 Å². The van der Waals surface area contributed by atoms with Crippen LogP contribution in [0.2, 0.25) is 0 Å². The van der Waals surface area contributed by atoms with Crippen LogP contribution in [0.5, 0.6) is 0 Å². The van der Waals surface area contributed by atoms with Gasteiger partial charge in [0.15, 0.2) is 0 Å². The van der Waals surface area contributed by atoms with E-state index in [9.17, 15) is 0 Å². The van der Waals surface area contributed by atoms with Gasteiger partial charge in [0.2, 0.25) is 0 Å². The predicted molar refractivity (Wildman–Crippen MR) is 51.5 cm³/mol. The summed E-state index contributed by atoms with van der Waals surface area (Å²) >= 11 is 0. The van der Waals surface area contributed by atoms with Crippen LogP contribution in [-0.2, 0) is 0 Å².